The summed E-state index contributed by atoms with van der Waals surface area (Å²) in [6.07, 6.45) is 5.53. The average Bonchev–Trinajstić information content (AvgIpc) is 2.52. The fourth-order valence-electron chi connectivity index (χ4n) is 3.64. The van der Waals surface area contributed by atoms with Crippen molar-refractivity contribution < 1.29 is 24.9 Å². The predicted molar refractivity (Wildman–Crippen MR) is 110 cm³/mol. The maximum Gasteiger partial charge on any atom is 0.328 e. The topological polar surface area (TPSA) is 98.1 Å². The van der Waals surface area contributed by atoms with Crippen molar-refractivity contribution in [2.24, 2.45) is 0 Å². The van der Waals surface area contributed by atoms with E-state index in [1.165, 1.54) is 24.8 Å². The Balaban J connectivity index is 0.000000416. The van der Waals surface area contributed by atoms with Crippen LogP contribution < -0.4 is 0 Å². The Labute approximate surface area is 171 Å². The summed E-state index contributed by atoms with van der Waals surface area (Å²) in [6.45, 7) is 3.80. The third-order valence-corrected chi connectivity index (χ3v) is 5.24. The van der Waals surface area contributed by atoms with Crippen LogP contribution in [-0.2, 0) is 15.0 Å². The van der Waals surface area contributed by atoms with Gasteiger partial charge in [0.15, 0.2) is 0 Å². The molecule has 2 rings (SSSR count). The molecule has 1 aromatic carbocycles. The number of likely N-dealkylation sites (N-methyl/N-ethyl adjacent to an activating group) is 1. The number of hydrogen-bond donors (Lipinski definition) is 3. The molecule has 1 unspecified atom stereocenters. The lowest BCUT2D eigenvalue weighted by Crippen LogP contribution is -2.54. The highest BCUT2D eigenvalue weighted by Gasteiger charge is 2.47. The van der Waals surface area contributed by atoms with E-state index in [1.807, 2.05) is 26.0 Å². The average molecular weight is 412 g/mol. The van der Waals surface area contributed by atoms with Crippen LogP contribution in [0.3, 0.4) is 0 Å². The van der Waals surface area contributed by atoms with Crippen molar-refractivity contribution in [2.75, 3.05) is 14.1 Å². The molecule has 0 amide bonds. The molecule has 6 nitrogen and oxygen atoms in total. The zero-order valence-corrected chi connectivity index (χ0v) is 17.6. The van der Waals surface area contributed by atoms with Gasteiger partial charge in [-0.05, 0) is 64.9 Å². The molecule has 0 radical (unpaired) electrons. The second-order valence-corrected chi connectivity index (χ2v) is 8.46. The largest absolute Gasteiger partial charge is 0.478 e. The standard InChI is InChI=1S/C17H26ClNO.C4H4O4/c1-16(2,20)12-15(19(3)4)17(10-5-11-17)13-6-8-14(18)9-7-13;5-3(6)1-2-4(7)8/h6-9,15,20H,5,10-12H2,1-4H3;1-2H,(H,5,6)(H,7,8). The Morgan fingerprint density at radius 3 is 1.89 bits per heavy atom. The molecule has 1 saturated carbocycles. The Morgan fingerprint density at radius 2 is 1.61 bits per heavy atom. The summed E-state index contributed by atoms with van der Waals surface area (Å²) in [5.74, 6) is -2.51. The van der Waals surface area contributed by atoms with Gasteiger partial charge in [0.05, 0.1) is 5.60 Å². The molecule has 0 saturated heterocycles. The molecule has 7 heteroatoms. The van der Waals surface area contributed by atoms with E-state index in [0.717, 1.165) is 11.4 Å². The minimum absolute atomic E-state index is 0.161. The number of carbonyl (C=O) groups is 2. The maximum absolute atomic E-state index is 10.3. The van der Waals surface area contributed by atoms with E-state index in [9.17, 15) is 14.7 Å². The van der Waals surface area contributed by atoms with Crippen LogP contribution in [0.15, 0.2) is 36.4 Å². The van der Waals surface area contributed by atoms with E-state index >= 15 is 0 Å². The normalized spacial score (nSPS) is 16.8. The van der Waals surface area contributed by atoms with Crippen molar-refractivity contribution in [1.29, 1.82) is 0 Å². The molecule has 3 N–H and O–H groups in total. The van der Waals surface area contributed by atoms with Gasteiger partial charge in [0.1, 0.15) is 0 Å². The summed E-state index contributed by atoms with van der Waals surface area (Å²) >= 11 is 6.02. The second kappa shape index (κ2) is 10.0. The van der Waals surface area contributed by atoms with E-state index in [4.69, 9.17) is 21.8 Å². The van der Waals surface area contributed by atoms with E-state index in [0.29, 0.717) is 18.2 Å². The van der Waals surface area contributed by atoms with Gasteiger partial charge in [0, 0.05) is 28.6 Å². The number of aliphatic hydroxyl groups is 1. The quantitative estimate of drug-likeness (QED) is 0.593. The number of carboxylic acids is 2. The third-order valence-electron chi connectivity index (χ3n) is 4.99. The summed E-state index contributed by atoms with van der Waals surface area (Å²) in [5.41, 5.74) is 0.869. The first-order valence-electron chi connectivity index (χ1n) is 9.16. The molecule has 156 valence electrons. The van der Waals surface area contributed by atoms with Crippen LogP contribution in [0.4, 0.5) is 0 Å². The van der Waals surface area contributed by atoms with Crippen LogP contribution in [-0.4, -0.2) is 57.9 Å². The summed E-state index contributed by atoms with van der Waals surface area (Å²) in [6, 6.07) is 8.61. The Morgan fingerprint density at radius 1 is 1.14 bits per heavy atom. The predicted octanol–water partition coefficient (Wildman–Crippen LogP) is 3.56. The van der Waals surface area contributed by atoms with Gasteiger partial charge in [-0.1, -0.05) is 30.2 Å². The summed E-state index contributed by atoms with van der Waals surface area (Å²) in [4.78, 5) is 21.4. The van der Waals surface area contributed by atoms with Gasteiger partial charge in [0.2, 0.25) is 0 Å². The van der Waals surface area contributed by atoms with E-state index in [1.54, 1.807) is 0 Å². The molecule has 1 aliphatic rings. The number of halogens is 1. The van der Waals surface area contributed by atoms with Crippen molar-refractivity contribution >= 4 is 23.5 Å². The molecule has 0 bridgehead atoms. The van der Waals surface area contributed by atoms with Crippen molar-refractivity contribution in [3.05, 3.63) is 47.0 Å². The van der Waals surface area contributed by atoms with Gasteiger partial charge < -0.3 is 20.2 Å². The zero-order valence-electron chi connectivity index (χ0n) is 16.9. The van der Waals surface area contributed by atoms with Gasteiger partial charge in [-0.15, -0.1) is 0 Å². The molecule has 0 aromatic heterocycles. The van der Waals surface area contributed by atoms with Crippen LogP contribution in [0.2, 0.25) is 5.02 Å². The first kappa shape index (κ1) is 24.1. The van der Waals surface area contributed by atoms with Crippen molar-refractivity contribution in [2.45, 2.75) is 56.6 Å². The van der Waals surface area contributed by atoms with Gasteiger partial charge in [-0.25, -0.2) is 9.59 Å². The lowest BCUT2D eigenvalue weighted by molar-refractivity contribution is -0.134. The molecule has 1 aromatic rings. The molecule has 28 heavy (non-hydrogen) atoms. The monoisotopic (exact) mass is 411 g/mol. The fourth-order valence-corrected chi connectivity index (χ4v) is 3.77. The number of benzene rings is 1. The number of aliphatic carboxylic acids is 2. The summed E-state index contributed by atoms with van der Waals surface area (Å²) in [5, 5.41) is 26.7. The summed E-state index contributed by atoms with van der Waals surface area (Å²) in [7, 11) is 4.23. The molecule has 1 aliphatic carbocycles. The zero-order chi connectivity index (χ0) is 21.5. The number of nitrogens with zero attached hydrogens (tertiary/aromatic N) is 1. The Hall–Kier alpha value is -1.89. The number of carboxylic acid groups (broad SMARTS) is 2. The van der Waals surface area contributed by atoms with Gasteiger partial charge in [0.25, 0.3) is 0 Å². The van der Waals surface area contributed by atoms with Crippen molar-refractivity contribution in [3.8, 4) is 0 Å². The maximum atomic E-state index is 10.3. The van der Waals surface area contributed by atoms with Crippen LogP contribution in [0.5, 0.6) is 0 Å². The van der Waals surface area contributed by atoms with Crippen molar-refractivity contribution in [3.63, 3.8) is 0 Å². The molecule has 0 aliphatic heterocycles. The lowest BCUT2D eigenvalue weighted by Gasteiger charge is -2.52. The van der Waals surface area contributed by atoms with Crippen LogP contribution >= 0.6 is 11.6 Å². The van der Waals surface area contributed by atoms with E-state index in [2.05, 4.69) is 31.1 Å². The van der Waals surface area contributed by atoms with Crippen LogP contribution in [0, 0.1) is 0 Å². The lowest BCUT2D eigenvalue weighted by atomic mass is 9.58. The molecule has 1 fully saturated rings. The molecular formula is C21H30ClNO5. The smallest absolute Gasteiger partial charge is 0.328 e. The number of hydrogen-bond acceptors (Lipinski definition) is 4. The summed E-state index contributed by atoms with van der Waals surface area (Å²) < 4.78 is 0. The van der Waals surface area contributed by atoms with E-state index in [-0.39, 0.29) is 5.41 Å². The molecule has 0 spiro atoms. The highest BCUT2D eigenvalue weighted by Crippen LogP contribution is 2.49. The Kier molecular flexibility index (Phi) is 8.67. The van der Waals surface area contributed by atoms with Gasteiger partial charge in [-0.3, -0.25) is 0 Å². The van der Waals surface area contributed by atoms with Crippen molar-refractivity contribution in [1.82, 2.24) is 4.90 Å². The van der Waals surface area contributed by atoms with Crippen LogP contribution in [0.25, 0.3) is 0 Å². The first-order valence-corrected chi connectivity index (χ1v) is 9.54. The van der Waals surface area contributed by atoms with E-state index < -0.39 is 17.5 Å². The highest BCUT2D eigenvalue weighted by atomic mass is 35.5. The highest BCUT2D eigenvalue weighted by molar-refractivity contribution is 6.30. The number of rotatable bonds is 7. The van der Waals surface area contributed by atoms with Crippen LogP contribution in [0.1, 0.15) is 45.1 Å². The first-order chi connectivity index (χ1) is 12.9. The SMILES string of the molecule is CN(C)C(CC(C)(C)O)C1(c2ccc(Cl)cc2)CCC1.O=C(O)C=CC(=O)O. The fraction of sp³-hybridized carbons (Fsp3) is 0.524. The molecular weight excluding hydrogens is 382 g/mol. The third kappa shape index (κ3) is 7.26. The second-order valence-electron chi connectivity index (χ2n) is 8.02. The minimum atomic E-state index is -1.26. The van der Waals surface area contributed by atoms with Gasteiger partial charge >= 0.3 is 11.9 Å². The molecule has 0 heterocycles. The Bertz CT molecular complexity index is 672. The minimum Gasteiger partial charge on any atom is -0.478 e. The van der Waals surface area contributed by atoms with Gasteiger partial charge in [-0.2, -0.15) is 0 Å². The molecule has 1 atom stereocenters.